The summed E-state index contributed by atoms with van der Waals surface area (Å²) in [5, 5.41) is 1.75. The van der Waals surface area contributed by atoms with Gasteiger partial charge in [0.15, 0.2) is 11.9 Å². The predicted molar refractivity (Wildman–Crippen MR) is 82.1 cm³/mol. The van der Waals surface area contributed by atoms with Gasteiger partial charge >= 0.3 is 5.97 Å². The highest BCUT2D eigenvalue weighted by atomic mass is 32.1. The van der Waals surface area contributed by atoms with Crippen LogP contribution in [-0.2, 0) is 9.53 Å². The van der Waals surface area contributed by atoms with Gasteiger partial charge in [-0.2, -0.15) is 4.99 Å². The Morgan fingerprint density at radius 1 is 1.50 bits per heavy atom. The number of aromatic amines is 1. The Morgan fingerprint density at radius 3 is 2.86 bits per heavy atom. The summed E-state index contributed by atoms with van der Waals surface area (Å²) in [5.41, 5.74) is 11.1. The molecule has 0 aliphatic heterocycles. The molecule has 0 aromatic carbocycles. The van der Waals surface area contributed by atoms with Gasteiger partial charge < -0.3 is 21.2 Å². The lowest BCUT2D eigenvalue weighted by molar-refractivity contribution is -0.143. The summed E-state index contributed by atoms with van der Waals surface area (Å²) in [6, 6.07) is 3.34. The molecule has 1 unspecified atom stereocenters. The van der Waals surface area contributed by atoms with Crippen LogP contribution in [0.2, 0.25) is 0 Å². The van der Waals surface area contributed by atoms with E-state index in [4.69, 9.17) is 16.2 Å². The van der Waals surface area contributed by atoms with Crippen molar-refractivity contribution in [2.24, 2.45) is 16.5 Å². The molecule has 1 atom stereocenters. The van der Waals surface area contributed by atoms with Gasteiger partial charge in [-0.15, -0.1) is 11.3 Å². The molecule has 2 rings (SSSR count). The maximum absolute atomic E-state index is 12.6. The third-order valence-electron chi connectivity index (χ3n) is 2.69. The van der Waals surface area contributed by atoms with Gasteiger partial charge in [0, 0.05) is 17.3 Å². The van der Waals surface area contributed by atoms with E-state index in [0.717, 1.165) is 11.3 Å². The maximum atomic E-state index is 12.6. The van der Waals surface area contributed by atoms with Crippen LogP contribution in [0.25, 0.3) is 0 Å². The summed E-state index contributed by atoms with van der Waals surface area (Å²) < 4.78 is 4.97. The molecule has 8 nitrogen and oxygen atoms in total. The number of H-pyrrole nitrogens is 1. The third-order valence-corrected chi connectivity index (χ3v) is 3.42. The lowest BCUT2D eigenvalue weighted by atomic mass is 9.98. The van der Waals surface area contributed by atoms with Gasteiger partial charge in [0.2, 0.25) is 10.9 Å². The second-order valence-corrected chi connectivity index (χ2v) is 5.06. The summed E-state index contributed by atoms with van der Waals surface area (Å²) in [5.74, 6) is -2.36. The first-order chi connectivity index (χ1) is 10.5. The number of nitrogens with two attached hydrogens (primary N) is 2. The zero-order chi connectivity index (χ0) is 16.1. The van der Waals surface area contributed by atoms with E-state index < -0.39 is 17.7 Å². The first-order valence-electron chi connectivity index (χ1n) is 6.42. The van der Waals surface area contributed by atoms with Crippen molar-refractivity contribution in [2.75, 3.05) is 6.61 Å². The molecule has 0 spiro atoms. The number of hydrogen-bond acceptors (Lipinski definition) is 6. The lowest BCUT2D eigenvalue weighted by Crippen LogP contribution is -2.25. The van der Waals surface area contributed by atoms with E-state index in [1.165, 1.54) is 5.38 Å². The molecule has 0 bridgehead atoms. The third kappa shape index (κ3) is 3.50. The van der Waals surface area contributed by atoms with Gasteiger partial charge in [-0.1, -0.05) is 0 Å². The number of ketones is 1. The van der Waals surface area contributed by atoms with Crippen LogP contribution < -0.4 is 11.5 Å². The Balaban J connectivity index is 2.31. The number of aromatic nitrogens is 2. The number of nitrogens with one attached hydrogen (secondary N) is 1. The molecule has 0 amide bonds. The lowest BCUT2D eigenvalue weighted by Gasteiger charge is -2.12. The number of esters is 1. The van der Waals surface area contributed by atoms with Crippen molar-refractivity contribution in [1.29, 1.82) is 0 Å². The summed E-state index contributed by atoms with van der Waals surface area (Å²) in [7, 11) is 0. The van der Waals surface area contributed by atoms with Crippen molar-refractivity contribution in [1.82, 2.24) is 9.97 Å². The standard InChI is InChI=1S/C13H15N5O3S/c1-2-21-11(20)9(7-4-3-5-16-7)10(19)8-6-22-13(17-8)18-12(14)15/h3-6,9,16H,2H2,1H3,(H4,14,15,17,18). The van der Waals surface area contributed by atoms with Crippen LogP contribution in [0.1, 0.15) is 29.0 Å². The van der Waals surface area contributed by atoms with Crippen molar-refractivity contribution < 1.29 is 14.3 Å². The summed E-state index contributed by atoms with van der Waals surface area (Å²) in [6.45, 7) is 1.85. The Kier molecular flexibility index (Phi) is 4.89. The second-order valence-electron chi connectivity index (χ2n) is 4.23. The zero-order valence-electron chi connectivity index (χ0n) is 11.8. The molecule has 2 aromatic heterocycles. The highest BCUT2D eigenvalue weighted by Gasteiger charge is 2.33. The molecule has 2 aromatic rings. The Hall–Kier alpha value is -2.68. The second kappa shape index (κ2) is 6.85. The number of hydrogen-bond donors (Lipinski definition) is 3. The minimum absolute atomic E-state index is 0.109. The highest BCUT2D eigenvalue weighted by Crippen LogP contribution is 2.25. The number of carbonyl (C=O) groups is 2. The molecule has 5 N–H and O–H groups in total. The van der Waals surface area contributed by atoms with E-state index >= 15 is 0 Å². The van der Waals surface area contributed by atoms with Gasteiger partial charge in [-0.05, 0) is 19.1 Å². The Morgan fingerprint density at radius 2 is 2.27 bits per heavy atom. The number of carbonyl (C=O) groups excluding carboxylic acids is 2. The molecule has 0 aliphatic rings. The van der Waals surface area contributed by atoms with Gasteiger partial charge in [-0.3, -0.25) is 9.59 Å². The van der Waals surface area contributed by atoms with Crippen LogP contribution in [0.3, 0.4) is 0 Å². The summed E-state index contributed by atoms with van der Waals surface area (Å²) in [6.07, 6.45) is 1.63. The van der Waals surface area contributed by atoms with Crippen LogP contribution in [0.15, 0.2) is 28.7 Å². The van der Waals surface area contributed by atoms with Gasteiger partial charge in [-0.25, -0.2) is 4.98 Å². The van der Waals surface area contributed by atoms with Crippen molar-refractivity contribution in [3.63, 3.8) is 0 Å². The molecule has 0 radical (unpaired) electrons. The number of rotatable bonds is 6. The first kappa shape index (κ1) is 15.7. The predicted octanol–water partition coefficient (Wildman–Crippen LogP) is 0.906. The van der Waals surface area contributed by atoms with Crippen molar-refractivity contribution >= 4 is 34.2 Å². The van der Waals surface area contributed by atoms with E-state index in [1.807, 2.05) is 0 Å². The highest BCUT2D eigenvalue weighted by molar-refractivity contribution is 7.13. The Bertz CT molecular complexity index is 688. The minimum Gasteiger partial charge on any atom is -0.465 e. The smallest absolute Gasteiger partial charge is 0.323 e. The molecular formula is C13H15N5O3S. The summed E-state index contributed by atoms with van der Waals surface area (Å²) in [4.78, 5) is 35.3. The number of ether oxygens (including phenoxy) is 1. The van der Waals surface area contributed by atoms with Crippen LogP contribution in [-0.4, -0.2) is 34.3 Å². The van der Waals surface area contributed by atoms with Crippen LogP contribution >= 0.6 is 11.3 Å². The number of thiazole rings is 1. The van der Waals surface area contributed by atoms with E-state index in [9.17, 15) is 9.59 Å². The first-order valence-corrected chi connectivity index (χ1v) is 7.30. The van der Waals surface area contributed by atoms with E-state index in [1.54, 1.807) is 25.3 Å². The molecular weight excluding hydrogens is 306 g/mol. The van der Waals surface area contributed by atoms with Crippen molar-refractivity contribution in [3.05, 3.63) is 35.1 Å². The average molecular weight is 321 g/mol. The fourth-order valence-corrected chi connectivity index (χ4v) is 2.51. The molecule has 9 heteroatoms. The van der Waals surface area contributed by atoms with Gasteiger partial charge in [0.05, 0.1) is 6.61 Å². The largest absolute Gasteiger partial charge is 0.465 e. The molecule has 116 valence electrons. The van der Waals surface area contributed by atoms with E-state index in [2.05, 4.69) is 15.0 Å². The van der Waals surface area contributed by atoms with Crippen molar-refractivity contribution in [3.8, 4) is 0 Å². The number of Topliss-reactive ketones (excluding diaryl/α,β-unsaturated/α-hetero) is 1. The van der Waals surface area contributed by atoms with Gasteiger partial charge in [0.1, 0.15) is 5.69 Å². The topological polar surface area (TPSA) is 136 Å². The summed E-state index contributed by atoms with van der Waals surface area (Å²) >= 11 is 1.10. The molecule has 0 saturated heterocycles. The molecule has 0 saturated carbocycles. The van der Waals surface area contributed by atoms with Crippen LogP contribution in [0.5, 0.6) is 0 Å². The van der Waals surface area contributed by atoms with Gasteiger partial charge in [0.25, 0.3) is 0 Å². The molecule has 0 aliphatic carbocycles. The average Bonchev–Trinajstić information content (AvgIpc) is 3.10. The molecule has 2 heterocycles. The zero-order valence-corrected chi connectivity index (χ0v) is 12.6. The van der Waals surface area contributed by atoms with Crippen molar-refractivity contribution in [2.45, 2.75) is 12.8 Å². The van der Waals surface area contributed by atoms with E-state index in [-0.39, 0.29) is 23.4 Å². The molecule has 0 fully saturated rings. The fourth-order valence-electron chi connectivity index (χ4n) is 1.81. The quantitative estimate of drug-likeness (QED) is 0.238. The SMILES string of the molecule is CCOC(=O)C(C(=O)c1csc(N=C(N)N)n1)c1ccc[nH]1. The van der Waals surface area contributed by atoms with Crippen LogP contribution in [0.4, 0.5) is 5.13 Å². The number of guanidine groups is 1. The monoisotopic (exact) mass is 321 g/mol. The molecule has 22 heavy (non-hydrogen) atoms. The normalized spacial score (nSPS) is 11.7. The fraction of sp³-hybridized carbons (Fsp3) is 0.231. The number of nitrogens with zero attached hydrogens (tertiary/aromatic N) is 2. The number of aliphatic imine (C=N–C) groups is 1. The maximum Gasteiger partial charge on any atom is 0.323 e. The van der Waals surface area contributed by atoms with Crippen LogP contribution in [0, 0.1) is 0 Å². The minimum atomic E-state index is -1.09. The van der Waals surface area contributed by atoms with E-state index in [0.29, 0.717) is 5.69 Å². The Labute approximate surface area is 130 Å².